The Morgan fingerprint density at radius 1 is 1.15 bits per heavy atom. The van der Waals surface area contributed by atoms with Gasteiger partial charge in [-0.15, -0.1) is 0 Å². The standard InChI is InChI=1S/C23H27Cl2FN4O3S/c1-22(2,28-21(31)18-7-6-16(24)13-19(18)25)23(20-5-3-4-10-27-20)8-11-29(12-9-23)34(32,33)30-14-17(26)15-30/h3-7,10,13,17H,8-9,11-12,14-15H2,1-2H3,(H,28,31). The normalized spacial score (nSPS) is 20.0. The Bertz CT molecular complexity index is 1170. The van der Waals surface area contributed by atoms with Crippen LogP contribution in [0.2, 0.25) is 10.0 Å². The molecular formula is C23H27Cl2FN4O3S. The molecule has 3 heterocycles. The summed E-state index contributed by atoms with van der Waals surface area (Å²) in [6.07, 6.45) is 1.44. The Morgan fingerprint density at radius 2 is 1.82 bits per heavy atom. The van der Waals surface area contributed by atoms with Crippen LogP contribution >= 0.6 is 23.2 Å². The van der Waals surface area contributed by atoms with E-state index in [1.54, 1.807) is 18.3 Å². The molecule has 0 saturated carbocycles. The smallest absolute Gasteiger partial charge is 0.282 e. The maximum absolute atomic E-state index is 13.3. The Labute approximate surface area is 209 Å². The van der Waals surface area contributed by atoms with Gasteiger partial charge in [0.05, 0.1) is 10.6 Å². The van der Waals surface area contributed by atoms with Gasteiger partial charge in [0.1, 0.15) is 6.17 Å². The predicted octanol–water partition coefficient (Wildman–Crippen LogP) is 3.83. The number of amides is 1. The molecule has 184 valence electrons. The van der Waals surface area contributed by atoms with E-state index in [1.807, 2.05) is 32.0 Å². The summed E-state index contributed by atoms with van der Waals surface area (Å²) in [4.78, 5) is 17.8. The molecule has 0 spiro atoms. The van der Waals surface area contributed by atoms with E-state index in [2.05, 4.69) is 10.3 Å². The zero-order chi connectivity index (χ0) is 24.7. The van der Waals surface area contributed by atoms with Crippen molar-refractivity contribution in [2.45, 2.75) is 43.8 Å². The van der Waals surface area contributed by atoms with E-state index in [0.29, 0.717) is 23.4 Å². The third-order valence-electron chi connectivity index (χ3n) is 6.99. The van der Waals surface area contributed by atoms with Crippen molar-refractivity contribution >= 4 is 39.3 Å². The summed E-state index contributed by atoms with van der Waals surface area (Å²) in [7, 11) is -3.72. The lowest BCUT2D eigenvalue weighted by Gasteiger charge is -2.51. The first-order chi connectivity index (χ1) is 16.0. The molecular weight excluding hydrogens is 502 g/mol. The van der Waals surface area contributed by atoms with Gasteiger partial charge in [0, 0.05) is 54.0 Å². The van der Waals surface area contributed by atoms with Gasteiger partial charge in [0.15, 0.2) is 0 Å². The first kappa shape index (κ1) is 25.3. The third-order valence-corrected chi connectivity index (χ3v) is 9.50. The van der Waals surface area contributed by atoms with Crippen molar-refractivity contribution in [2.24, 2.45) is 0 Å². The molecule has 1 aromatic heterocycles. The first-order valence-corrected chi connectivity index (χ1v) is 13.2. The average molecular weight is 529 g/mol. The minimum atomic E-state index is -3.72. The second-order valence-electron chi connectivity index (χ2n) is 9.32. The minimum absolute atomic E-state index is 0.104. The van der Waals surface area contributed by atoms with Gasteiger partial charge in [-0.3, -0.25) is 9.78 Å². The van der Waals surface area contributed by atoms with Gasteiger partial charge in [-0.05, 0) is 57.0 Å². The number of hydrogen-bond donors (Lipinski definition) is 1. The van der Waals surface area contributed by atoms with Crippen molar-refractivity contribution < 1.29 is 17.6 Å². The van der Waals surface area contributed by atoms with Gasteiger partial charge in [-0.1, -0.05) is 29.3 Å². The highest BCUT2D eigenvalue weighted by molar-refractivity contribution is 7.86. The number of carbonyl (C=O) groups is 1. The maximum Gasteiger partial charge on any atom is 0.282 e. The summed E-state index contributed by atoms with van der Waals surface area (Å²) in [6, 6.07) is 10.3. The summed E-state index contributed by atoms with van der Waals surface area (Å²) < 4.78 is 41.7. The number of alkyl halides is 1. The molecule has 2 aromatic rings. The molecule has 2 aliphatic rings. The van der Waals surface area contributed by atoms with Crippen molar-refractivity contribution in [3.8, 4) is 0 Å². The predicted molar refractivity (Wildman–Crippen MR) is 130 cm³/mol. The number of hydrogen-bond acceptors (Lipinski definition) is 4. The molecule has 0 bridgehead atoms. The molecule has 0 atom stereocenters. The molecule has 2 aliphatic heterocycles. The Balaban J connectivity index is 1.61. The fourth-order valence-electron chi connectivity index (χ4n) is 4.83. The molecule has 2 saturated heterocycles. The summed E-state index contributed by atoms with van der Waals surface area (Å²) in [5.74, 6) is -0.355. The van der Waals surface area contributed by atoms with Crippen molar-refractivity contribution in [3.63, 3.8) is 0 Å². The quantitative estimate of drug-likeness (QED) is 0.617. The number of aromatic nitrogens is 1. The Hall–Kier alpha value is -1.78. The van der Waals surface area contributed by atoms with Crippen LogP contribution in [0.15, 0.2) is 42.6 Å². The lowest BCUT2D eigenvalue weighted by atomic mass is 9.63. The molecule has 0 aliphatic carbocycles. The molecule has 2 fully saturated rings. The third kappa shape index (κ3) is 4.56. The fourth-order valence-corrected chi connectivity index (χ4v) is 7.00. The van der Waals surface area contributed by atoms with Crippen LogP contribution in [0.25, 0.3) is 0 Å². The van der Waals surface area contributed by atoms with Crippen LogP contribution in [-0.4, -0.2) is 65.8 Å². The molecule has 4 rings (SSSR count). The van der Waals surface area contributed by atoms with E-state index < -0.39 is 27.3 Å². The number of halogens is 3. The second kappa shape index (κ2) is 9.35. The van der Waals surface area contributed by atoms with Crippen molar-refractivity contribution in [2.75, 3.05) is 26.2 Å². The number of nitrogens with one attached hydrogen (secondary N) is 1. The van der Waals surface area contributed by atoms with Gasteiger partial charge in [-0.25, -0.2) is 4.39 Å². The summed E-state index contributed by atoms with van der Waals surface area (Å²) in [6.45, 7) is 4.08. The Morgan fingerprint density at radius 3 is 2.38 bits per heavy atom. The van der Waals surface area contributed by atoms with Gasteiger partial charge in [-0.2, -0.15) is 17.0 Å². The first-order valence-electron chi connectivity index (χ1n) is 11.0. The van der Waals surface area contributed by atoms with Crippen molar-refractivity contribution in [1.29, 1.82) is 0 Å². The molecule has 34 heavy (non-hydrogen) atoms. The highest BCUT2D eigenvalue weighted by atomic mass is 35.5. The van der Waals surface area contributed by atoms with Gasteiger partial charge < -0.3 is 5.32 Å². The SMILES string of the molecule is CC(C)(NC(=O)c1ccc(Cl)cc1Cl)C1(c2ccccn2)CCN(S(=O)(=O)N2CC(F)C2)CC1. The second-order valence-corrected chi connectivity index (χ2v) is 12.1. The summed E-state index contributed by atoms with van der Waals surface area (Å²) in [5, 5.41) is 3.79. The number of nitrogens with zero attached hydrogens (tertiary/aromatic N) is 3. The van der Waals surface area contributed by atoms with E-state index in [-0.39, 0.29) is 37.1 Å². The number of pyridine rings is 1. The zero-order valence-corrected chi connectivity index (χ0v) is 21.3. The fraction of sp³-hybridized carbons (Fsp3) is 0.478. The van der Waals surface area contributed by atoms with Gasteiger partial charge in [0.2, 0.25) is 0 Å². The van der Waals surface area contributed by atoms with E-state index >= 15 is 0 Å². The number of rotatable bonds is 6. The molecule has 11 heteroatoms. The molecule has 7 nitrogen and oxygen atoms in total. The average Bonchev–Trinajstić information content (AvgIpc) is 2.77. The zero-order valence-electron chi connectivity index (χ0n) is 19.0. The summed E-state index contributed by atoms with van der Waals surface area (Å²) in [5.41, 5.74) is -0.383. The largest absolute Gasteiger partial charge is 0.346 e. The molecule has 1 amide bonds. The highest BCUT2D eigenvalue weighted by Gasteiger charge is 2.52. The molecule has 0 unspecified atom stereocenters. The number of benzene rings is 1. The Kier molecular flexibility index (Phi) is 6.96. The summed E-state index contributed by atoms with van der Waals surface area (Å²) >= 11 is 12.2. The van der Waals surface area contributed by atoms with E-state index in [4.69, 9.17) is 23.2 Å². The van der Waals surface area contributed by atoms with E-state index in [0.717, 1.165) is 5.69 Å². The molecule has 1 N–H and O–H groups in total. The van der Waals surface area contributed by atoms with Crippen LogP contribution in [0, 0.1) is 0 Å². The van der Waals surface area contributed by atoms with Crippen LogP contribution in [0.5, 0.6) is 0 Å². The van der Waals surface area contributed by atoms with Crippen LogP contribution in [0.1, 0.15) is 42.7 Å². The monoisotopic (exact) mass is 528 g/mol. The molecule has 0 radical (unpaired) electrons. The number of piperidine rings is 1. The van der Waals surface area contributed by atoms with Crippen LogP contribution < -0.4 is 5.32 Å². The van der Waals surface area contributed by atoms with E-state index in [1.165, 1.54) is 14.7 Å². The van der Waals surface area contributed by atoms with E-state index in [9.17, 15) is 17.6 Å². The maximum atomic E-state index is 13.3. The van der Waals surface area contributed by atoms with Gasteiger partial charge >= 0.3 is 0 Å². The van der Waals surface area contributed by atoms with Crippen LogP contribution in [0.3, 0.4) is 0 Å². The van der Waals surface area contributed by atoms with Crippen LogP contribution in [-0.2, 0) is 15.6 Å². The van der Waals surface area contributed by atoms with Crippen molar-refractivity contribution in [1.82, 2.24) is 18.9 Å². The van der Waals surface area contributed by atoms with Crippen molar-refractivity contribution in [3.05, 3.63) is 63.9 Å². The molecule has 1 aromatic carbocycles. The lowest BCUT2D eigenvalue weighted by molar-refractivity contribution is 0.0751. The minimum Gasteiger partial charge on any atom is -0.346 e. The number of carbonyl (C=O) groups excluding carboxylic acids is 1. The van der Waals surface area contributed by atoms with Crippen LogP contribution in [0.4, 0.5) is 4.39 Å². The highest BCUT2D eigenvalue weighted by Crippen LogP contribution is 2.44. The lowest BCUT2D eigenvalue weighted by Crippen LogP contribution is -2.64. The van der Waals surface area contributed by atoms with Gasteiger partial charge in [0.25, 0.3) is 16.1 Å². The topological polar surface area (TPSA) is 82.6 Å².